The number of unbranched alkanes of at least 4 members (excludes halogenated alkanes) is 1. The Bertz CT molecular complexity index is 931. The van der Waals surface area contributed by atoms with Gasteiger partial charge in [-0.25, -0.2) is 4.79 Å². The molecule has 2 aliphatic heterocycles. The van der Waals surface area contributed by atoms with Crippen LogP contribution in [0.5, 0.6) is 11.5 Å². The normalized spacial score (nSPS) is 15.6. The third-order valence-corrected chi connectivity index (χ3v) is 6.26. The van der Waals surface area contributed by atoms with Crippen LogP contribution in [0.25, 0.3) is 11.1 Å². The Morgan fingerprint density at radius 3 is 2.77 bits per heavy atom. The lowest BCUT2D eigenvalue weighted by Gasteiger charge is -2.18. The minimum absolute atomic E-state index is 0.275. The molecule has 1 fully saturated rings. The molecular formula is C22H26N4O3S. The SMILES string of the molecule is N#Cc1c(-c2ccc3c(c2)OCCO3)csc1NC(=O)NCCCCN1CCCC1. The predicted octanol–water partition coefficient (Wildman–Crippen LogP) is 4.06. The minimum Gasteiger partial charge on any atom is -0.486 e. The molecule has 2 N–H and O–H groups in total. The molecule has 7 nitrogen and oxygen atoms in total. The molecule has 1 aromatic carbocycles. The standard InChI is InChI=1S/C22H26N4O3S/c23-14-17-18(16-5-6-19-20(13-16)29-12-11-28-19)15-30-21(17)25-22(27)24-7-1-2-8-26-9-3-4-10-26/h5-6,13,15H,1-4,7-12H2,(H2,24,25,27). The van der Waals surface area contributed by atoms with Gasteiger partial charge in [0, 0.05) is 17.5 Å². The van der Waals surface area contributed by atoms with Crippen LogP contribution in [0.2, 0.25) is 0 Å². The zero-order valence-electron chi connectivity index (χ0n) is 16.9. The monoisotopic (exact) mass is 426 g/mol. The minimum atomic E-state index is -0.275. The maximum absolute atomic E-state index is 12.3. The van der Waals surface area contributed by atoms with Crippen LogP contribution in [0.1, 0.15) is 31.2 Å². The second-order valence-electron chi connectivity index (χ2n) is 7.46. The van der Waals surface area contributed by atoms with E-state index in [2.05, 4.69) is 21.6 Å². The lowest BCUT2D eigenvalue weighted by Crippen LogP contribution is -2.30. The first kappa shape index (κ1) is 20.5. The number of nitrogens with zero attached hydrogens (tertiary/aromatic N) is 2. The molecule has 2 amide bonds. The molecular weight excluding hydrogens is 400 g/mol. The van der Waals surface area contributed by atoms with Gasteiger partial charge < -0.3 is 19.7 Å². The molecule has 3 heterocycles. The number of rotatable bonds is 7. The highest BCUT2D eigenvalue weighted by molar-refractivity contribution is 7.15. The summed E-state index contributed by atoms with van der Waals surface area (Å²) in [6, 6.07) is 7.58. The van der Waals surface area contributed by atoms with Crippen LogP contribution in [-0.2, 0) is 0 Å². The average molecular weight is 427 g/mol. The molecule has 0 aliphatic carbocycles. The van der Waals surface area contributed by atoms with Gasteiger partial charge in [0.15, 0.2) is 11.5 Å². The fourth-order valence-electron chi connectivity index (χ4n) is 3.80. The predicted molar refractivity (Wildman–Crippen MR) is 117 cm³/mol. The molecule has 4 rings (SSSR count). The fourth-order valence-corrected chi connectivity index (χ4v) is 4.71. The molecule has 2 aromatic rings. The molecule has 0 unspecified atom stereocenters. The van der Waals surface area contributed by atoms with Crippen LogP contribution >= 0.6 is 11.3 Å². The maximum atomic E-state index is 12.3. The molecule has 1 saturated heterocycles. The molecule has 0 saturated carbocycles. The number of hydrogen-bond donors (Lipinski definition) is 2. The van der Waals surface area contributed by atoms with E-state index in [1.54, 1.807) is 0 Å². The number of ether oxygens (including phenoxy) is 2. The van der Waals surface area contributed by atoms with Crippen molar-refractivity contribution in [2.45, 2.75) is 25.7 Å². The number of benzene rings is 1. The van der Waals surface area contributed by atoms with E-state index < -0.39 is 0 Å². The van der Waals surface area contributed by atoms with Gasteiger partial charge >= 0.3 is 6.03 Å². The molecule has 8 heteroatoms. The van der Waals surface area contributed by atoms with E-state index in [1.165, 1.54) is 37.3 Å². The first-order chi connectivity index (χ1) is 14.7. The zero-order chi connectivity index (χ0) is 20.8. The van der Waals surface area contributed by atoms with Gasteiger partial charge in [-0.05, 0) is 63.0 Å². The van der Waals surface area contributed by atoms with Crippen molar-refractivity contribution in [1.82, 2.24) is 10.2 Å². The van der Waals surface area contributed by atoms with Crippen molar-refractivity contribution >= 4 is 22.4 Å². The topological polar surface area (TPSA) is 86.6 Å². The second kappa shape index (κ2) is 9.83. The number of urea groups is 1. The number of likely N-dealkylation sites (tertiary alicyclic amines) is 1. The Hall–Kier alpha value is -2.76. The van der Waals surface area contributed by atoms with Gasteiger partial charge in [0.1, 0.15) is 24.3 Å². The smallest absolute Gasteiger partial charge is 0.319 e. The number of fused-ring (bicyclic) bond motifs is 1. The third-order valence-electron chi connectivity index (χ3n) is 5.37. The Morgan fingerprint density at radius 2 is 1.97 bits per heavy atom. The number of thiophene rings is 1. The van der Waals surface area contributed by atoms with E-state index >= 15 is 0 Å². The summed E-state index contributed by atoms with van der Waals surface area (Å²) in [5.74, 6) is 1.39. The van der Waals surface area contributed by atoms with Gasteiger partial charge in [0.2, 0.25) is 0 Å². The van der Waals surface area contributed by atoms with Gasteiger partial charge in [-0.15, -0.1) is 11.3 Å². The number of anilines is 1. The van der Waals surface area contributed by atoms with Crippen LogP contribution in [0.4, 0.5) is 9.80 Å². The largest absolute Gasteiger partial charge is 0.486 e. The first-order valence-corrected chi connectivity index (χ1v) is 11.3. The molecule has 30 heavy (non-hydrogen) atoms. The lowest BCUT2D eigenvalue weighted by molar-refractivity contribution is 0.171. The molecule has 0 atom stereocenters. The van der Waals surface area contributed by atoms with Crippen molar-refractivity contribution in [3.63, 3.8) is 0 Å². The number of carbonyl (C=O) groups is 1. The van der Waals surface area contributed by atoms with Crippen LogP contribution in [-0.4, -0.2) is 50.3 Å². The summed E-state index contributed by atoms with van der Waals surface area (Å²) in [7, 11) is 0. The molecule has 1 aromatic heterocycles. The molecule has 2 aliphatic rings. The quantitative estimate of drug-likeness (QED) is 0.652. The summed E-state index contributed by atoms with van der Waals surface area (Å²) >= 11 is 1.35. The van der Waals surface area contributed by atoms with Gasteiger partial charge in [0.25, 0.3) is 0 Å². The van der Waals surface area contributed by atoms with Crippen molar-refractivity contribution < 1.29 is 14.3 Å². The summed E-state index contributed by atoms with van der Waals surface area (Å²) in [4.78, 5) is 14.7. The highest BCUT2D eigenvalue weighted by atomic mass is 32.1. The van der Waals surface area contributed by atoms with E-state index in [-0.39, 0.29) is 6.03 Å². The van der Waals surface area contributed by atoms with Crippen LogP contribution in [0, 0.1) is 11.3 Å². The van der Waals surface area contributed by atoms with Crippen molar-refractivity contribution in [3.8, 4) is 28.7 Å². The molecule has 0 radical (unpaired) electrons. The van der Waals surface area contributed by atoms with E-state index in [0.717, 1.165) is 30.5 Å². The number of carbonyl (C=O) groups excluding carboxylic acids is 1. The van der Waals surface area contributed by atoms with Crippen LogP contribution in [0.15, 0.2) is 23.6 Å². The van der Waals surface area contributed by atoms with Gasteiger partial charge in [-0.3, -0.25) is 5.32 Å². The Labute approximate surface area is 180 Å². The van der Waals surface area contributed by atoms with Crippen molar-refractivity contribution in [2.24, 2.45) is 0 Å². The first-order valence-electron chi connectivity index (χ1n) is 10.4. The maximum Gasteiger partial charge on any atom is 0.319 e. The second-order valence-corrected chi connectivity index (χ2v) is 8.34. The van der Waals surface area contributed by atoms with Crippen LogP contribution < -0.4 is 20.1 Å². The summed E-state index contributed by atoms with van der Waals surface area (Å²) in [6.07, 6.45) is 4.63. The van der Waals surface area contributed by atoms with Crippen molar-refractivity contribution in [2.75, 3.05) is 44.7 Å². The fraction of sp³-hybridized carbons (Fsp3) is 0.455. The number of nitrogens with one attached hydrogen (secondary N) is 2. The van der Waals surface area contributed by atoms with Gasteiger partial charge in [-0.2, -0.15) is 5.26 Å². The summed E-state index contributed by atoms with van der Waals surface area (Å²) < 4.78 is 11.2. The Kier molecular flexibility index (Phi) is 6.72. The highest BCUT2D eigenvalue weighted by Crippen LogP contribution is 2.39. The zero-order valence-corrected chi connectivity index (χ0v) is 17.7. The lowest BCUT2D eigenvalue weighted by atomic mass is 10.0. The van der Waals surface area contributed by atoms with Crippen molar-refractivity contribution in [1.29, 1.82) is 5.26 Å². The molecule has 158 valence electrons. The average Bonchev–Trinajstić information content (AvgIpc) is 3.43. The van der Waals surface area contributed by atoms with E-state index in [9.17, 15) is 10.1 Å². The number of nitriles is 1. The summed E-state index contributed by atoms with van der Waals surface area (Å²) in [5, 5.41) is 17.8. The van der Waals surface area contributed by atoms with Crippen molar-refractivity contribution in [3.05, 3.63) is 29.1 Å². The highest BCUT2D eigenvalue weighted by Gasteiger charge is 2.18. The van der Waals surface area contributed by atoms with Gasteiger partial charge in [0.05, 0.1) is 5.56 Å². The number of hydrogen-bond acceptors (Lipinski definition) is 6. The van der Waals surface area contributed by atoms with E-state index in [1.807, 2.05) is 23.6 Å². The Morgan fingerprint density at radius 1 is 1.17 bits per heavy atom. The molecule has 0 bridgehead atoms. The molecule has 0 spiro atoms. The Balaban J connectivity index is 1.32. The van der Waals surface area contributed by atoms with Gasteiger partial charge in [-0.1, -0.05) is 6.07 Å². The van der Waals surface area contributed by atoms with E-state index in [4.69, 9.17) is 9.47 Å². The summed E-state index contributed by atoms with van der Waals surface area (Å²) in [5.41, 5.74) is 2.10. The van der Waals surface area contributed by atoms with Crippen LogP contribution in [0.3, 0.4) is 0 Å². The number of amides is 2. The van der Waals surface area contributed by atoms with E-state index in [0.29, 0.717) is 41.8 Å². The third kappa shape index (κ3) is 4.86. The summed E-state index contributed by atoms with van der Waals surface area (Å²) in [6.45, 7) is 5.18.